The summed E-state index contributed by atoms with van der Waals surface area (Å²) in [7, 11) is 0. The zero-order chi connectivity index (χ0) is 20.5. The van der Waals surface area contributed by atoms with Gasteiger partial charge in [-0.2, -0.15) is 0 Å². The lowest BCUT2D eigenvalue weighted by atomic mass is 10.0. The number of rotatable bonds is 8. The third kappa shape index (κ3) is 6.54. The van der Waals surface area contributed by atoms with E-state index in [1.54, 1.807) is 36.4 Å². The van der Waals surface area contributed by atoms with Gasteiger partial charge in [0.25, 0.3) is 5.91 Å². The molecule has 0 unspecified atom stereocenters. The van der Waals surface area contributed by atoms with Crippen LogP contribution in [0.25, 0.3) is 11.1 Å². The van der Waals surface area contributed by atoms with E-state index in [-0.39, 0.29) is 24.5 Å². The van der Waals surface area contributed by atoms with E-state index in [4.69, 9.17) is 9.47 Å². The molecular formula is C22H25NO5. The van der Waals surface area contributed by atoms with E-state index in [0.717, 1.165) is 24.0 Å². The van der Waals surface area contributed by atoms with Gasteiger partial charge in [-0.15, -0.1) is 0 Å². The average Bonchev–Trinajstić information content (AvgIpc) is 2.66. The molecule has 0 saturated heterocycles. The summed E-state index contributed by atoms with van der Waals surface area (Å²) >= 11 is 0. The molecule has 0 saturated carbocycles. The predicted molar refractivity (Wildman–Crippen MR) is 106 cm³/mol. The van der Waals surface area contributed by atoms with Crippen LogP contribution in [0.1, 0.15) is 44.0 Å². The number of carbonyl (C=O) groups is 3. The van der Waals surface area contributed by atoms with E-state index in [0.29, 0.717) is 11.3 Å². The Morgan fingerprint density at radius 3 is 2.07 bits per heavy atom. The maximum Gasteiger partial charge on any atom is 0.338 e. The molecule has 2 aromatic carbocycles. The van der Waals surface area contributed by atoms with E-state index in [2.05, 4.69) is 5.32 Å². The summed E-state index contributed by atoms with van der Waals surface area (Å²) in [5.41, 5.74) is 2.19. The van der Waals surface area contributed by atoms with E-state index < -0.39 is 5.97 Å². The SMILES string of the molecule is CCC[C@@H](C)NC(=O)COC(=O)c1ccc(-c2ccc(OC(C)=O)cc2)cc1. The zero-order valence-corrected chi connectivity index (χ0v) is 16.4. The lowest BCUT2D eigenvalue weighted by Crippen LogP contribution is -2.35. The summed E-state index contributed by atoms with van der Waals surface area (Å²) in [6.45, 7) is 5.01. The van der Waals surface area contributed by atoms with Gasteiger partial charge in [0.15, 0.2) is 6.61 Å². The second kappa shape index (κ2) is 10.3. The molecule has 2 aromatic rings. The summed E-state index contributed by atoms with van der Waals surface area (Å²) in [5, 5.41) is 2.79. The van der Waals surface area contributed by atoms with Crippen LogP contribution in [0.4, 0.5) is 0 Å². The van der Waals surface area contributed by atoms with Crippen LogP contribution >= 0.6 is 0 Å². The van der Waals surface area contributed by atoms with Crippen molar-refractivity contribution in [3.8, 4) is 16.9 Å². The number of carbonyl (C=O) groups excluding carboxylic acids is 3. The molecular weight excluding hydrogens is 358 g/mol. The number of amides is 1. The van der Waals surface area contributed by atoms with Gasteiger partial charge < -0.3 is 14.8 Å². The van der Waals surface area contributed by atoms with Crippen molar-refractivity contribution in [3.63, 3.8) is 0 Å². The predicted octanol–water partition coefficient (Wildman–Crippen LogP) is 3.74. The minimum Gasteiger partial charge on any atom is -0.452 e. The van der Waals surface area contributed by atoms with Crippen LogP contribution in [0.2, 0.25) is 0 Å². The summed E-state index contributed by atoms with van der Waals surface area (Å²) in [5.74, 6) is -0.749. The minimum atomic E-state index is -0.546. The van der Waals surface area contributed by atoms with Crippen LogP contribution in [0.15, 0.2) is 48.5 Å². The van der Waals surface area contributed by atoms with Gasteiger partial charge in [0.1, 0.15) is 5.75 Å². The molecule has 6 heteroatoms. The Morgan fingerprint density at radius 1 is 0.964 bits per heavy atom. The van der Waals surface area contributed by atoms with Gasteiger partial charge in [-0.05, 0) is 48.7 Å². The number of hydrogen-bond donors (Lipinski definition) is 1. The van der Waals surface area contributed by atoms with Gasteiger partial charge in [-0.25, -0.2) is 4.79 Å². The smallest absolute Gasteiger partial charge is 0.338 e. The Balaban J connectivity index is 1.91. The Labute approximate surface area is 164 Å². The fraction of sp³-hybridized carbons (Fsp3) is 0.318. The van der Waals surface area contributed by atoms with Crippen molar-refractivity contribution in [1.82, 2.24) is 5.32 Å². The molecule has 148 valence electrons. The monoisotopic (exact) mass is 383 g/mol. The lowest BCUT2D eigenvalue weighted by Gasteiger charge is -2.12. The van der Waals surface area contributed by atoms with E-state index in [9.17, 15) is 14.4 Å². The second-order valence-electron chi connectivity index (χ2n) is 6.53. The van der Waals surface area contributed by atoms with Crippen molar-refractivity contribution in [2.24, 2.45) is 0 Å². The normalized spacial score (nSPS) is 11.4. The number of ether oxygens (including phenoxy) is 2. The third-order valence-corrected chi connectivity index (χ3v) is 4.03. The van der Waals surface area contributed by atoms with Crippen LogP contribution in [0.3, 0.4) is 0 Å². The molecule has 2 rings (SSSR count). The van der Waals surface area contributed by atoms with Crippen LogP contribution in [0.5, 0.6) is 5.75 Å². The van der Waals surface area contributed by atoms with E-state index in [1.807, 2.05) is 26.0 Å². The Bertz CT molecular complexity index is 812. The summed E-state index contributed by atoms with van der Waals surface area (Å²) in [4.78, 5) is 34.8. The number of hydrogen-bond acceptors (Lipinski definition) is 5. The topological polar surface area (TPSA) is 81.7 Å². The van der Waals surface area contributed by atoms with Crippen LogP contribution in [-0.2, 0) is 14.3 Å². The molecule has 0 radical (unpaired) electrons. The minimum absolute atomic E-state index is 0.0581. The van der Waals surface area contributed by atoms with Crippen molar-refractivity contribution in [3.05, 3.63) is 54.1 Å². The summed E-state index contributed by atoms with van der Waals surface area (Å²) in [6.07, 6.45) is 1.85. The lowest BCUT2D eigenvalue weighted by molar-refractivity contribution is -0.131. The zero-order valence-electron chi connectivity index (χ0n) is 16.4. The molecule has 28 heavy (non-hydrogen) atoms. The Morgan fingerprint density at radius 2 is 1.54 bits per heavy atom. The van der Waals surface area contributed by atoms with Gasteiger partial charge >= 0.3 is 11.9 Å². The van der Waals surface area contributed by atoms with E-state index in [1.165, 1.54) is 6.92 Å². The first-order chi connectivity index (χ1) is 13.4. The van der Waals surface area contributed by atoms with Gasteiger partial charge in [0.05, 0.1) is 5.56 Å². The Kier molecular flexibility index (Phi) is 7.75. The fourth-order valence-electron chi connectivity index (χ4n) is 2.72. The molecule has 0 aromatic heterocycles. The van der Waals surface area contributed by atoms with Gasteiger partial charge in [0.2, 0.25) is 0 Å². The maximum absolute atomic E-state index is 12.1. The highest BCUT2D eigenvalue weighted by molar-refractivity contribution is 5.91. The molecule has 0 bridgehead atoms. The molecule has 1 atom stereocenters. The quantitative estimate of drug-likeness (QED) is 0.555. The summed E-state index contributed by atoms with van der Waals surface area (Å²) in [6, 6.07) is 14.0. The first kappa shape index (κ1) is 21.2. The number of benzene rings is 2. The fourth-order valence-corrected chi connectivity index (χ4v) is 2.72. The van der Waals surface area contributed by atoms with Gasteiger partial charge in [0, 0.05) is 13.0 Å². The average molecular weight is 383 g/mol. The van der Waals surface area contributed by atoms with Crippen LogP contribution < -0.4 is 10.1 Å². The maximum atomic E-state index is 12.1. The highest BCUT2D eigenvalue weighted by Gasteiger charge is 2.12. The van der Waals surface area contributed by atoms with Crippen molar-refractivity contribution in [1.29, 1.82) is 0 Å². The highest BCUT2D eigenvalue weighted by atomic mass is 16.5. The molecule has 0 heterocycles. The van der Waals surface area contributed by atoms with Crippen LogP contribution in [-0.4, -0.2) is 30.5 Å². The molecule has 0 spiro atoms. The molecule has 0 aliphatic carbocycles. The van der Waals surface area contributed by atoms with Crippen LogP contribution in [0, 0.1) is 0 Å². The number of nitrogens with one attached hydrogen (secondary N) is 1. The number of esters is 2. The molecule has 1 amide bonds. The van der Waals surface area contributed by atoms with E-state index >= 15 is 0 Å². The van der Waals surface area contributed by atoms with Gasteiger partial charge in [-0.3, -0.25) is 9.59 Å². The second-order valence-corrected chi connectivity index (χ2v) is 6.53. The third-order valence-electron chi connectivity index (χ3n) is 4.03. The molecule has 0 aliphatic rings. The molecule has 6 nitrogen and oxygen atoms in total. The summed E-state index contributed by atoms with van der Waals surface area (Å²) < 4.78 is 10.1. The highest BCUT2D eigenvalue weighted by Crippen LogP contribution is 2.23. The molecule has 0 aliphatic heterocycles. The largest absolute Gasteiger partial charge is 0.452 e. The first-order valence-corrected chi connectivity index (χ1v) is 9.24. The molecule has 1 N–H and O–H groups in total. The molecule has 0 fully saturated rings. The first-order valence-electron chi connectivity index (χ1n) is 9.24. The van der Waals surface area contributed by atoms with Crippen molar-refractivity contribution in [2.45, 2.75) is 39.7 Å². The van der Waals surface area contributed by atoms with Crippen molar-refractivity contribution in [2.75, 3.05) is 6.61 Å². The standard InChI is InChI=1S/C22H25NO5/c1-4-5-15(2)23-21(25)14-27-22(26)19-8-6-17(7-9-19)18-10-12-20(13-11-18)28-16(3)24/h6-13,15H,4-5,14H2,1-3H3,(H,23,25)/t15-/m1/s1. The van der Waals surface area contributed by atoms with Crippen molar-refractivity contribution < 1.29 is 23.9 Å². The van der Waals surface area contributed by atoms with Gasteiger partial charge in [-0.1, -0.05) is 37.6 Å². The van der Waals surface area contributed by atoms with Crippen molar-refractivity contribution >= 4 is 17.8 Å². The Hall–Kier alpha value is -3.15.